The van der Waals surface area contributed by atoms with Crippen LogP contribution in [0.15, 0.2) is 170 Å². The van der Waals surface area contributed by atoms with Gasteiger partial charge in [-0.05, 0) is 154 Å². The van der Waals surface area contributed by atoms with Crippen LogP contribution in [0.4, 0.5) is 0 Å². The number of carbonyl (C=O) groups excluding carboxylic acids is 3. The Labute approximate surface area is 701 Å². The monoisotopic (exact) mass is 1650 g/mol. The van der Waals surface area contributed by atoms with E-state index in [1.54, 1.807) is 0 Å². The fourth-order valence-electron chi connectivity index (χ4n) is 12.1. The molecule has 0 saturated heterocycles. The number of rotatable bonds is 85. The average molecular weight is 1650 g/mol. The van der Waals surface area contributed by atoms with E-state index in [0.717, 1.165) is 154 Å². The highest BCUT2D eigenvalue weighted by Crippen LogP contribution is 2.45. The maximum Gasteiger partial charge on any atom is 0.472 e. The molecule has 0 amide bonds. The summed E-state index contributed by atoms with van der Waals surface area (Å²) >= 11 is 0. The van der Waals surface area contributed by atoms with Crippen LogP contribution in [-0.2, 0) is 55.8 Å². The summed E-state index contributed by atoms with van der Waals surface area (Å²) in [5, 5.41) is 20.7. The van der Waals surface area contributed by atoms with Crippen LogP contribution in [0.2, 0.25) is 0 Å². The second-order valence-corrected chi connectivity index (χ2v) is 32.9. The SMILES string of the molecule is CC/C=C\C/C=C\C/C=C\C/C=C\C/C=C\CCCCCCCCCCCC(=O)OCC(COP(=O)(O)OCC(O)COP(=O)(O)OCC(O)COC(=O)CCCCCCCCCCCCCCCCCCCCC/C=C\C/C=C\C/C=C\C/C=C\CCCCC)OC(=O)CCCCC/C=C\C/C=C\C/C=C\C/C=C\C/C=C\CC. The molecule has 0 radical (unpaired) electrons. The number of allylic oxidation sites excluding steroid dienone is 28. The summed E-state index contributed by atoms with van der Waals surface area (Å²) in [6.07, 6.45) is 114. The van der Waals surface area contributed by atoms with E-state index < -0.39 is 91.5 Å². The number of aliphatic hydroxyl groups is 2. The third-order valence-corrected chi connectivity index (χ3v) is 20.8. The van der Waals surface area contributed by atoms with Crippen molar-refractivity contribution in [1.82, 2.24) is 0 Å². The van der Waals surface area contributed by atoms with E-state index in [4.69, 9.17) is 32.3 Å². The summed E-state index contributed by atoms with van der Waals surface area (Å²) in [6, 6.07) is 0. The zero-order chi connectivity index (χ0) is 83.6. The van der Waals surface area contributed by atoms with E-state index in [1.165, 1.54) is 154 Å². The summed E-state index contributed by atoms with van der Waals surface area (Å²) in [6.45, 7) is 2.41. The number of phosphoric acid groups is 2. The topological polar surface area (TPSA) is 231 Å². The van der Waals surface area contributed by atoms with Gasteiger partial charge in [-0.15, -0.1) is 0 Å². The van der Waals surface area contributed by atoms with Crippen LogP contribution in [-0.4, -0.2) is 95.9 Å². The van der Waals surface area contributed by atoms with Crippen molar-refractivity contribution < 1.29 is 75.8 Å². The van der Waals surface area contributed by atoms with Gasteiger partial charge in [0.15, 0.2) is 6.10 Å². The Bertz CT molecular complexity index is 2770. The van der Waals surface area contributed by atoms with Gasteiger partial charge in [0, 0.05) is 19.3 Å². The molecule has 0 aromatic heterocycles. The number of hydrogen-bond donors (Lipinski definition) is 4. The molecule has 0 aromatic carbocycles. The average Bonchev–Trinajstić information content (AvgIpc) is 0.920. The van der Waals surface area contributed by atoms with Gasteiger partial charge >= 0.3 is 33.6 Å². The lowest BCUT2D eigenvalue weighted by Crippen LogP contribution is -2.30. The third-order valence-electron chi connectivity index (χ3n) is 18.9. The van der Waals surface area contributed by atoms with Crippen LogP contribution in [0.5, 0.6) is 0 Å². The molecule has 0 spiro atoms. The van der Waals surface area contributed by atoms with Crippen molar-refractivity contribution >= 4 is 33.6 Å². The lowest BCUT2D eigenvalue weighted by Gasteiger charge is -2.21. The van der Waals surface area contributed by atoms with E-state index in [2.05, 4.69) is 191 Å². The first-order chi connectivity index (χ1) is 56.2. The van der Waals surface area contributed by atoms with Crippen LogP contribution in [0, 0.1) is 0 Å². The molecule has 115 heavy (non-hydrogen) atoms. The minimum Gasteiger partial charge on any atom is -0.463 e. The molecule has 5 unspecified atom stereocenters. The fourth-order valence-corrected chi connectivity index (χ4v) is 13.7. The van der Waals surface area contributed by atoms with Gasteiger partial charge in [0.25, 0.3) is 0 Å². The number of carbonyl (C=O) groups is 3. The van der Waals surface area contributed by atoms with E-state index in [-0.39, 0.29) is 19.3 Å². The molecular formula is C97H164O16P2. The largest absolute Gasteiger partial charge is 0.472 e. The molecule has 4 N–H and O–H groups in total. The van der Waals surface area contributed by atoms with Crippen LogP contribution < -0.4 is 0 Å². The first-order valence-corrected chi connectivity index (χ1v) is 48.4. The van der Waals surface area contributed by atoms with Gasteiger partial charge in [-0.2, -0.15) is 0 Å². The van der Waals surface area contributed by atoms with E-state index in [9.17, 15) is 43.5 Å². The van der Waals surface area contributed by atoms with E-state index >= 15 is 0 Å². The van der Waals surface area contributed by atoms with Crippen LogP contribution in [0.3, 0.4) is 0 Å². The van der Waals surface area contributed by atoms with Gasteiger partial charge in [-0.1, -0.05) is 364 Å². The normalized spacial score (nSPS) is 14.6. The summed E-state index contributed by atoms with van der Waals surface area (Å²) in [5.41, 5.74) is 0. The number of ether oxygens (including phenoxy) is 3. The van der Waals surface area contributed by atoms with Gasteiger partial charge in [-0.25, -0.2) is 9.13 Å². The maximum absolute atomic E-state index is 13.0. The van der Waals surface area contributed by atoms with Gasteiger partial charge < -0.3 is 34.2 Å². The Morgan fingerprint density at radius 3 is 0.739 bits per heavy atom. The number of phosphoric ester groups is 2. The zero-order valence-electron chi connectivity index (χ0n) is 72.4. The van der Waals surface area contributed by atoms with Crippen LogP contribution >= 0.6 is 15.6 Å². The lowest BCUT2D eigenvalue weighted by molar-refractivity contribution is -0.161. The highest BCUT2D eigenvalue weighted by molar-refractivity contribution is 7.47. The zero-order valence-corrected chi connectivity index (χ0v) is 74.2. The number of aliphatic hydroxyl groups excluding tert-OH is 2. The van der Waals surface area contributed by atoms with Crippen molar-refractivity contribution in [3.63, 3.8) is 0 Å². The Hall–Kier alpha value is -5.09. The van der Waals surface area contributed by atoms with Crippen molar-refractivity contribution in [3.05, 3.63) is 170 Å². The summed E-state index contributed by atoms with van der Waals surface area (Å²) < 4.78 is 61.4. The van der Waals surface area contributed by atoms with Gasteiger partial charge in [0.05, 0.1) is 26.4 Å². The van der Waals surface area contributed by atoms with Gasteiger partial charge in [0.2, 0.25) is 0 Å². The maximum atomic E-state index is 13.0. The second kappa shape index (κ2) is 88.2. The molecule has 0 aliphatic rings. The first-order valence-electron chi connectivity index (χ1n) is 45.4. The second-order valence-electron chi connectivity index (χ2n) is 30.0. The van der Waals surface area contributed by atoms with E-state index in [0.29, 0.717) is 19.3 Å². The molecule has 0 fully saturated rings. The summed E-state index contributed by atoms with van der Waals surface area (Å²) in [4.78, 5) is 58.9. The molecule has 0 heterocycles. The van der Waals surface area contributed by atoms with Crippen molar-refractivity contribution in [2.75, 3.05) is 39.6 Å². The van der Waals surface area contributed by atoms with Crippen LogP contribution in [0.25, 0.3) is 0 Å². The quantitative estimate of drug-likeness (QED) is 0.0146. The molecular weight excluding hydrogens is 1480 g/mol. The first kappa shape index (κ1) is 110. The Balaban J connectivity index is 4.52. The standard InChI is InChI=1S/C97H164O16P2/c1-4-7-10-13-16-19-22-25-28-31-34-36-38-40-41-42-43-44-45-46-47-48-49-51-53-54-57-59-62-65-68-71-74-77-80-83-95(100)107-86-92(98)87-109-114(103,104)110-88-93(99)89-111-115(105,106)112-91-94(113-97(102)85-82-79-76-73-70-67-64-61-56-33-30-27-24-21-18-15-12-9-6-3)90-108-96(101)84-81-78-75-72-69-66-63-60-58-55-52-50-39-37-35-32-29-26-23-20-17-14-11-8-5-2/h8-9,11-12,16-21,25-30,34-37,40-41,50,52,56,61,67,70,92-94,98-99H,4-7,10,13-15,22-24,31-33,38-39,42-49,51,53-55,57-60,62-66,68-69,71-91H2,1-3H3,(H,103,104)(H,105,106)/b11-8-,12-9-,19-16-,20-17-,21-18-,28-25-,29-26-,30-27-,36-34-,37-35-,41-40-,52-50-,61-56-,70-67-. The lowest BCUT2D eigenvalue weighted by atomic mass is 10.0. The predicted molar refractivity (Wildman–Crippen MR) is 482 cm³/mol. The van der Waals surface area contributed by atoms with E-state index in [1.807, 2.05) is 0 Å². The molecule has 0 aromatic rings. The van der Waals surface area contributed by atoms with Crippen LogP contribution in [0.1, 0.15) is 367 Å². The molecule has 0 aliphatic heterocycles. The smallest absolute Gasteiger partial charge is 0.463 e. The Morgan fingerprint density at radius 2 is 0.461 bits per heavy atom. The molecule has 5 atom stereocenters. The highest BCUT2D eigenvalue weighted by Gasteiger charge is 2.29. The highest BCUT2D eigenvalue weighted by atomic mass is 31.2. The molecule has 0 rings (SSSR count). The minimum atomic E-state index is -4.95. The fraction of sp³-hybridized carbons (Fsp3) is 0.680. The van der Waals surface area contributed by atoms with Crippen molar-refractivity contribution in [2.24, 2.45) is 0 Å². The van der Waals surface area contributed by atoms with Crippen molar-refractivity contribution in [3.8, 4) is 0 Å². The number of esters is 3. The van der Waals surface area contributed by atoms with Gasteiger partial charge in [0.1, 0.15) is 25.4 Å². The summed E-state index contributed by atoms with van der Waals surface area (Å²) in [5.74, 6) is -1.62. The molecule has 18 heteroatoms. The van der Waals surface area contributed by atoms with Gasteiger partial charge in [-0.3, -0.25) is 32.5 Å². The molecule has 0 saturated carbocycles. The molecule has 0 aliphatic carbocycles. The third kappa shape index (κ3) is 89.5. The van der Waals surface area contributed by atoms with Crippen molar-refractivity contribution in [2.45, 2.75) is 386 Å². The molecule has 16 nitrogen and oxygen atoms in total. The Kier molecular flexibility index (Phi) is 84.3. The molecule has 658 valence electrons. The number of unbranched alkanes of at least 4 members (excludes halogenated alkanes) is 34. The molecule has 0 bridgehead atoms. The predicted octanol–water partition coefficient (Wildman–Crippen LogP) is 27.9. The summed E-state index contributed by atoms with van der Waals surface area (Å²) in [7, 11) is -9.82. The Morgan fingerprint density at radius 1 is 0.252 bits per heavy atom. The minimum absolute atomic E-state index is 0.0590. The van der Waals surface area contributed by atoms with Crippen molar-refractivity contribution in [1.29, 1.82) is 0 Å². The number of hydrogen-bond acceptors (Lipinski definition) is 14.